The van der Waals surface area contributed by atoms with E-state index in [-0.39, 0.29) is 12.5 Å². The predicted octanol–water partition coefficient (Wildman–Crippen LogP) is 1.85. The number of carbonyl (C=O) groups is 1. The van der Waals surface area contributed by atoms with Gasteiger partial charge in [0.25, 0.3) is 5.91 Å². The van der Waals surface area contributed by atoms with Crippen LogP contribution < -0.4 is 14.8 Å². The lowest BCUT2D eigenvalue weighted by Gasteiger charge is -2.25. The molecule has 0 spiro atoms. The molecule has 6 nitrogen and oxygen atoms in total. The summed E-state index contributed by atoms with van der Waals surface area (Å²) in [6, 6.07) is 5.43. The zero-order chi connectivity index (χ0) is 15.2. The molecular formula is C15H18N2O4. The lowest BCUT2D eigenvalue weighted by molar-refractivity contribution is -0.129. The van der Waals surface area contributed by atoms with Crippen LogP contribution in [0, 0.1) is 0 Å². The van der Waals surface area contributed by atoms with Gasteiger partial charge in [0.15, 0.2) is 11.5 Å². The molecule has 0 fully saturated rings. The minimum absolute atomic E-state index is 0.181. The molecule has 1 aromatic carbocycles. The first kappa shape index (κ1) is 14.9. The number of nitrogens with one attached hydrogen (secondary N) is 1. The molecule has 1 amide bonds. The Morgan fingerprint density at radius 1 is 1.48 bits per heavy atom. The summed E-state index contributed by atoms with van der Waals surface area (Å²) in [5, 5.41) is 6.49. The van der Waals surface area contributed by atoms with Crippen LogP contribution >= 0.6 is 0 Å². The van der Waals surface area contributed by atoms with Crippen molar-refractivity contribution >= 4 is 11.6 Å². The first-order valence-corrected chi connectivity index (χ1v) is 6.59. The van der Waals surface area contributed by atoms with Gasteiger partial charge in [0.1, 0.15) is 13.7 Å². The van der Waals surface area contributed by atoms with Crippen molar-refractivity contribution in [2.75, 3.05) is 13.7 Å². The predicted molar refractivity (Wildman–Crippen MR) is 78.5 cm³/mol. The molecule has 1 N–H and O–H groups in total. The second kappa shape index (κ2) is 6.78. The maximum Gasteiger partial charge on any atom is 0.268 e. The molecule has 6 heteroatoms. The number of nitrogens with zero attached hydrogens (tertiary/aromatic N) is 1. The first-order chi connectivity index (χ1) is 10.2. The number of allylic oxidation sites excluding steroid dienone is 1. The third-order valence-corrected chi connectivity index (χ3v) is 2.93. The monoisotopic (exact) mass is 290 g/mol. The number of benzene rings is 1. The molecule has 21 heavy (non-hydrogen) atoms. The van der Waals surface area contributed by atoms with Crippen molar-refractivity contribution in [1.82, 2.24) is 5.32 Å². The fraction of sp³-hybridized carbons (Fsp3) is 0.333. The van der Waals surface area contributed by atoms with Crippen LogP contribution in [0.3, 0.4) is 0 Å². The van der Waals surface area contributed by atoms with Gasteiger partial charge in [-0.25, -0.2) is 0 Å². The number of ether oxygens (including phenoxy) is 2. The summed E-state index contributed by atoms with van der Waals surface area (Å²) in [6.45, 7) is 3.82. The molecule has 1 aromatic rings. The Labute approximate surface area is 123 Å². The summed E-state index contributed by atoms with van der Waals surface area (Å²) in [4.78, 5) is 16.6. The highest BCUT2D eigenvalue weighted by Crippen LogP contribution is 2.32. The Hall–Kier alpha value is -2.50. The van der Waals surface area contributed by atoms with Crippen LogP contribution in [0.15, 0.2) is 35.6 Å². The maximum absolute atomic E-state index is 11.9. The summed E-state index contributed by atoms with van der Waals surface area (Å²) in [6.07, 6.45) is 2.62. The lowest BCUT2D eigenvalue weighted by Crippen LogP contribution is -2.42. The van der Waals surface area contributed by atoms with E-state index in [1.807, 2.05) is 19.9 Å². The highest BCUT2D eigenvalue weighted by molar-refractivity contribution is 5.99. The average molecular weight is 290 g/mol. The molecule has 1 aliphatic heterocycles. The highest BCUT2D eigenvalue weighted by atomic mass is 16.6. The van der Waals surface area contributed by atoms with Crippen LogP contribution in [-0.2, 0) is 9.63 Å². The topological polar surface area (TPSA) is 69.2 Å². The van der Waals surface area contributed by atoms with E-state index in [9.17, 15) is 4.79 Å². The molecule has 0 saturated heterocycles. The largest absolute Gasteiger partial charge is 0.485 e. The quantitative estimate of drug-likeness (QED) is 0.678. The SMILES string of the molecule is C/C=C\NC(=O)C1COc2ccc(/C(C)=N/OC)cc2O1. The number of carbonyl (C=O) groups excluding carboxylic acids is 1. The summed E-state index contributed by atoms with van der Waals surface area (Å²) < 4.78 is 11.2. The molecule has 1 unspecified atom stereocenters. The van der Waals surface area contributed by atoms with Gasteiger partial charge in [-0.2, -0.15) is 0 Å². The number of oxime groups is 1. The second-order valence-corrected chi connectivity index (χ2v) is 4.45. The van der Waals surface area contributed by atoms with Crippen molar-refractivity contribution in [3.8, 4) is 11.5 Å². The summed E-state index contributed by atoms with van der Waals surface area (Å²) >= 11 is 0. The van der Waals surface area contributed by atoms with Gasteiger partial charge < -0.3 is 19.6 Å². The fourth-order valence-electron chi connectivity index (χ4n) is 1.87. The van der Waals surface area contributed by atoms with E-state index in [0.717, 1.165) is 5.56 Å². The van der Waals surface area contributed by atoms with Gasteiger partial charge in [-0.15, -0.1) is 0 Å². The van der Waals surface area contributed by atoms with E-state index in [4.69, 9.17) is 14.3 Å². The van der Waals surface area contributed by atoms with Gasteiger partial charge >= 0.3 is 0 Å². The van der Waals surface area contributed by atoms with Crippen molar-refractivity contribution in [2.24, 2.45) is 5.16 Å². The molecule has 0 bridgehead atoms. The third-order valence-electron chi connectivity index (χ3n) is 2.93. The standard InChI is InChI=1S/C15H18N2O4/c1-4-7-16-15(18)14-9-20-12-6-5-11(8-13(12)21-14)10(2)17-19-3/h4-8,14H,9H2,1-3H3,(H,16,18)/b7-4-,17-10+. The summed E-state index contributed by atoms with van der Waals surface area (Å²) in [5.41, 5.74) is 1.55. The first-order valence-electron chi connectivity index (χ1n) is 6.59. The van der Waals surface area contributed by atoms with Crippen LogP contribution in [0.25, 0.3) is 0 Å². The van der Waals surface area contributed by atoms with Crippen LogP contribution in [-0.4, -0.2) is 31.4 Å². The van der Waals surface area contributed by atoms with Gasteiger partial charge in [-0.05, 0) is 38.2 Å². The molecule has 0 aromatic heterocycles. The van der Waals surface area contributed by atoms with Crippen molar-refractivity contribution in [1.29, 1.82) is 0 Å². The van der Waals surface area contributed by atoms with Gasteiger partial charge in [-0.3, -0.25) is 4.79 Å². The van der Waals surface area contributed by atoms with E-state index in [0.29, 0.717) is 17.2 Å². The smallest absolute Gasteiger partial charge is 0.268 e. The molecule has 1 atom stereocenters. The average Bonchev–Trinajstić information content (AvgIpc) is 2.51. The molecule has 1 heterocycles. The Bertz CT molecular complexity index is 581. The van der Waals surface area contributed by atoms with Crippen molar-refractivity contribution in [3.05, 3.63) is 36.0 Å². The summed E-state index contributed by atoms with van der Waals surface area (Å²) in [5.74, 6) is 0.885. The molecule has 0 radical (unpaired) electrons. The molecule has 112 valence electrons. The number of rotatable bonds is 4. The minimum Gasteiger partial charge on any atom is -0.485 e. The van der Waals surface area contributed by atoms with Gasteiger partial charge in [-0.1, -0.05) is 11.2 Å². The molecule has 0 aliphatic carbocycles. The van der Waals surface area contributed by atoms with E-state index in [1.165, 1.54) is 7.11 Å². The zero-order valence-corrected chi connectivity index (χ0v) is 12.3. The number of hydrogen-bond donors (Lipinski definition) is 1. The highest BCUT2D eigenvalue weighted by Gasteiger charge is 2.27. The van der Waals surface area contributed by atoms with Crippen molar-refractivity contribution < 1.29 is 19.1 Å². The Balaban J connectivity index is 2.17. The van der Waals surface area contributed by atoms with Crippen LogP contribution in [0.2, 0.25) is 0 Å². The van der Waals surface area contributed by atoms with Crippen LogP contribution in [0.5, 0.6) is 11.5 Å². The number of fused-ring (bicyclic) bond motifs is 1. The normalized spacial score (nSPS) is 17.7. The van der Waals surface area contributed by atoms with E-state index in [2.05, 4.69) is 10.5 Å². The summed E-state index contributed by atoms with van der Waals surface area (Å²) in [7, 11) is 1.49. The van der Waals surface area contributed by atoms with Gasteiger partial charge in [0, 0.05) is 5.56 Å². The van der Waals surface area contributed by atoms with Crippen LogP contribution in [0.1, 0.15) is 19.4 Å². The zero-order valence-electron chi connectivity index (χ0n) is 12.3. The number of hydrogen-bond acceptors (Lipinski definition) is 5. The molecule has 2 rings (SSSR count). The van der Waals surface area contributed by atoms with Crippen molar-refractivity contribution in [3.63, 3.8) is 0 Å². The molecular weight excluding hydrogens is 272 g/mol. The third kappa shape index (κ3) is 3.53. The number of amides is 1. The van der Waals surface area contributed by atoms with Crippen molar-refractivity contribution in [2.45, 2.75) is 20.0 Å². The van der Waals surface area contributed by atoms with E-state index >= 15 is 0 Å². The van der Waals surface area contributed by atoms with E-state index < -0.39 is 6.10 Å². The van der Waals surface area contributed by atoms with E-state index in [1.54, 1.807) is 24.4 Å². The van der Waals surface area contributed by atoms with Gasteiger partial charge in [0.2, 0.25) is 6.10 Å². The fourth-order valence-corrected chi connectivity index (χ4v) is 1.87. The molecule has 1 aliphatic rings. The Kier molecular flexibility index (Phi) is 4.81. The minimum atomic E-state index is -0.677. The Morgan fingerprint density at radius 2 is 2.29 bits per heavy atom. The molecule has 0 saturated carbocycles. The lowest BCUT2D eigenvalue weighted by atomic mass is 10.1. The maximum atomic E-state index is 11.9. The van der Waals surface area contributed by atoms with Crippen LogP contribution in [0.4, 0.5) is 0 Å². The van der Waals surface area contributed by atoms with Gasteiger partial charge in [0.05, 0.1) is 5.71 Å². The second-order valence-electron chi connectivity index (χ2n) is 4.45. The Morgan fingerprint density at radius 3 is 3.00 bits per heavy atom.